The molecule has 2 fully saturated rings. The quantitative estimate of drug-likeness (QED) is 0.710. The minimum Gasteiger partial charge on any atom is -0.341 e. The number of hydrogen-bond donors (Lipinski definition) is 2. The Labute approximate surface area is 104 Å². The van der Waals surface area contributed by atoms with Crippen LogP contribution in [0.25, 0.3) is 0 Å². The van der Waals surface area contributed by atoms with Gasteiger partial charge in [0.05, 0.1) is 12.1 Å². The van der Waals surface area contributed by atoms with Crippen molar-refractivity contribution in [1.82, 2.24) is 10.6 Å². The van der Waals surface area contributed by atoms with Crippen LogP contribution in [0.3, 0.4) is 0 Å². The van der Waals surface area contributed by atoms with Gasteiger partial charge in [-0.1, -0.05) is 18.8 Å². The zero-order valence-corrected chi connectivity index (χ0v) is 10.5. The first kappa shape index (κ1) is 12.4. The number of terminal acetylenes is 1. The van der Waals surface area contributed by atoms with Gasteiger partial charge in [0.1, 0.15) is 0 Å². The third kappa shape index (κ3) is 3.01. The Hall–Kier alpha value is -1.01. The first-order valence-corrected chi connectivity index (χ1v) is 6.73. The summed E-state index contributed by atoms with van der Waals surface area (Å²) in [6, 6.07) is 0.341. The zero-order chi connectivity index (χ0) is 12.3. The highest BCUT2D eigenvalue weighted by Gasteiger charge is 2.34. The van der Waals surface area contributed by atoms with Crippen molar-refractivity contribution in [3.8, 4) is 12.3 Å². The largest absolute Gasteiger partial charge is 0.341 e. The molecule has 17 heavy (non-hydrogen) atoms. The maximum absolute atomic E-state index is 12.0. The van der Waals surface area contributed by atoms with Gasteiger partial charge in [0, 0.05) is 6.04 Å². The zero-order valence-electron chi connectivity index (χ0n) is 10.5. The number of piperidine rings is 1. The van der Waals surface area contributed by atoms with E-state index >= 15 is 0 Å². The van der Waals surface area contributed by atoms with Crippen molar-refractivity contribution in [2.75, 3.05) is 0 Å². The van der Waals surface area contributed by atoms with Gasteiger partial charge in [-0.3, -0.25) is 4.79 Å². The van der Waals surface area contributed by atoms with Gasteiger partial charge < -0.3 is 10.6 Å². The molecular formula is C14H22N2O. The van der Waals surface area contributed by atoms with Crippen molar-refractivity contribution in [2.45, 2.75) is 63.6 Å². The first-order chi connectivity index (χ1) is 8.20. The van der Waals surface area contributed by atoms with Crippen LogP contribution in [0.1, 0.15) is 45.4 Å². The van der Waals surface area contributed by atoms with E-state index in [1.165, 1.54) is 32.1 Å². The Balaban J connectivity index is 1.87. The van der Waals surface area contributed by atoms with Crippen molar-refractivity contribution >= 4 is 5.91 Å². The molecular weight excluding hydrogens is 212 g/mol. The molecule has 0 bridgehead atoms. The summed E-state index contributed by atoms with van der Waals surface area (Å²) in [5.74, 6) is 3.39. The Bertz CT molecular complexity index is 321. The fourth-order valence-corrected chi connectivity index (χ4v) is 3.06. The van der Waals surface area contributed by atoms with E-state index in [9.17, 15) is 4.79 Å². The number of rotatable bonds is 2. The molecule has 1 aliphatic heterocycles. The summed E-state index contributed by atoms with van der Waals surface area (Å²) in [5, 5.41) is 6.36. The van der Waals surface area contributed by atoms with Crippen LogP contribution in [0.15, 0.2) is 0 Å². The molecule has 2 aliphatic rings. The molecule has 3 nitrogen and oxygen atoms in total. The van der Waals surface area contributed by atoms with Gasteiger partial charge in [-0.2, -0.15) is 0 Å². The molecule has 0 aromatic carbocycles. The summed E-state index contributed by atoms with van der Waals surface area (Å²) >= 11 is 0. The molecule has 94 valence electrons. The molecule has 1 heterocycles. The summed E-state index contributed by atoms with van der Waals surface area (Å²) in [5.41, 5.74) is 0. The van der Waals surface area contributed by atoms with Crippen LogP contribution in [0.2, 0.25) is 0 Å². The van der Waals surface area contributed by atoms with Gasteiger partial charge in [-0.05, 0) is 38.5 Å². The van der Waals surface area contributed by atoms with Crippen LogP contribution in [-0.2, 0) is 4.79 Å². The van der Waals surface area contributed by atoms with Gasteiger partial charge in [0.15, 0.2) is 0 Å². The Morgan fingerprint density at radius 3 is 2.88 bits per heavy atom. The lowest BCUT2D eigenvalue weighted by atomic mass is 9.77. The van der Waals surface area contributed by atoms with Crippen LogP contribution in [0.5, 0.6) is 0 Å². The molecule has 4 atom stereocenters. The smallest absolute Gasteiger partial charge is 0.238 e. The molecule has 1 aliphatic carbocycles. The normalized spacial score (nSPS) is 34.2. The molecule has 0 aromatic heterocycles. The van der Waals surface area contributed by atoms with Gasteiger partial charge in [0.2, 0.25) is 5.91 Å². The maximum Gasteiger partial charge on any atom is 0.238 e. The molecule has 2 rings (SSSR count). The highest BCUT2D eigenvalue weighted by atomic mass is 16.2. The second kappa shape index (κ2) is 5.55. The van der Waals surface area contributed by atoms with Gasteiger partial charge in [-0.25, -0.2) is 0 Å². The topological polar surface area (TPSA) is 41.1 Å². The summed E-state index contributed by atoms with van der Waals surface area (Å²) in [4.78, 5) is 12.0. The Morgan fingerprint density at radius 1 is 1.35 bits per heavy atom. The van der Waals surface area contributed by atoms with Gasteiger partial charge >= 0.3 is 0 Å². The van der Waals surface area contributed by atoms with Crippen molar-refractivity contribution in [3.63, 3.8) is 0 Å². The monoisotopic (exact) mass is 234 g/mol. The fraction of sp³-hybridized carbons (Fsp3) is 0.786. The minimum atomic E-state index is -0.173. The van der Waals surface area contributed by atoms with Crippen LogP contribution in [0, 0.1) is 18.3 Å². The maximum atomic E-state index is 12.0. The number of amides is 1. The molecule has 1 saturated carbocycles. The van der Waals surface area contributed by atoms with E-state index in [0.29, 0.717) is 6.04 Å². The van der Waals surface area contributed by atoms with E-state index in [1.807, 2.05) is 6.92 Å². The summed E-state index contributed by atoms with van der Waals surface area (Å²) < 4.78 is 0. The SMILES string of the molecule is C#CC(C)NC(=O)C1CCC2CCCCC2N1. The Morgan fingerprint density at radius 2 is 2.12 bits per heavy atom. The van der Waals surface area contributed by atoms with E-state index < -0.39 is 0 Å². The highest BCUT2D eigenvalue weighted by molar-refractivity contribution is 5.82. The van der Waals surface area contributed by atoms with Crippen molar-refractivity contribution in [3.05, 3.63) is 0 Å². The van der Waals surface area contributed by atoms with Crippen molar-refractivity contribution in [2.24, 2.45) is 5.92 Å². The standard InChI is InChI=1S/C14H22N2O/c1-3-10(2)15-14(17)13-9-8-11-6-4-5-7-12(11)16-13/h1,10-13,16H,4-9H2,2H3,(H,15,17). The average Bonchev–Trinajstić information content (AvgIpc) is 2.38. The van der Waals surface area contributed by atoms with E-state index in [-0.39, 0.29) is 18.0 Å². The van der Waals surface area contributed by atoms with E-state index in [4.69, 9.17) is 6.42 Å². The van der Waals surface area contributed by atoms with Crippen molar-refractivity contribution in [1.29, 1.82) is 0 Å². The minimum absolute atomic E-state index is 0.0369. The lowest BCUT2D eigenvalue weighted by molar-refractivity contribution is -0.124. The number of fused-ring (bicyclic) bond motifs is 1. The fourth-order valence-electron chi connectivity index (χ4n) is 3.06. The van der Waals surface area contributed by atoms with Gasteiger partial charge in [0.25, 0.3) is 0 Å². The summed E-state index contributed by atoms with van der Waals surface area (Å²) in [6.07, 6.45) is 12.6. The summed E-state index contributed by atoms with van der Waals surface area (Å²) in [7, 11) is 0. The molecule has 1 amide bonds. The summed E-state index contributed by atoms with van der Waals surface area (Å²) in [6.45, 7) is 1.84. The number of carbonyl (C=O) groups is 1. The van der Waals surface area contributed by atoms with E-state index in [1.54, 1.807) is 0 Å². The molecule has 1 saturated heterocycles. The van der Waals surface area contributed by atoms with Crippen LogP contribution in [0.4, 0.5) is 0 Å². The Kier molecular flexibility index (Phi) is 4.06. The van der Waals surface area contributed by atoms with Crippen LogP contribution in [-0.4, -0.2) is 24.0 Å². The molecule has 3 heteroatoms. The van der Waals surface area contributed by atoms with Crippen molar-refractivity contribution < 1.29 is 4.79 Å². The highest BCUT2D eigenvalue weighted by Crippen LogP contribution is 2.32. The molecule has 0 spiro atoms. The number of carbonyl (C=O) groups excluding carboxylic acids is 1. The lowest BCUT2D eigenvalue weighted by Crippen LogP contribution is -2.55. The van der Waals surface area contributed by atoms with Gasteiger partial charge in [-0.15, -0.1) is 6.42 Å². The predicted octanol–water partition coefficient (Wildman–Crippen LogP) is 1.44. The first-order valence-electron chi connectivity index (χ1n) is 6.73. The van der Waals surface area contributed by atoms with E-state index in [0.717, 1.165) is 12.3 Å². The number of nitrogens with one attached hydrogen (secondary N) is 2. The van der Waals surface area contributed by atoms with Crippen LogP contribution < -0.4 is 10.6 Å². The third-order valence-electron chi connectivity index (χ3n) is 4.08. The molecule has 0 radical (unpaired) electrons. The average molecular weight is 234 g/mol. The van der Waals surface area contributed by atoms with E-state index in [2.05, 4.69) is 16.6 Å². The second-order valence-electron chi connectivity index (χ2n) is 5.34. The van der Waals surface area contributed by atoms with Crippen LogP contribution >= 0.6 is 0 Å². The molecule has 4 unspecified atom stereocenters. The second-order valence-corrected chi connectivity index (χ2v) is 5.34. The molecule has 0 aromatic rings. The predicted molar refractivity (Wildman–Crippen MR) is 68.3 cm³/mol. The molecule has 2 N–H and O–H groups in total. The third-order valence-corrected chi connectivity index (χ3v) is 4.08. The number of hydrogen-bond acceptors (Lipinski definition) is 2. The lowest BCUT2D eigenvalue weighted by Gasteiger charge is -2.40.